The van der Waals surface area contributed by atoms with Gasteiger partial charge in [-0.3, -0.25) is 4.79 Å². The maximum Gasteiger partial charge on any atom is 0.471 e. The summed E-state index contributed by atoms with van der Waals surface area (Å²) >= 11 is 0. The Kier molecular flexibility index (Phi) is 3.09. The van der Waals surface area contributed by atoms with E-state index in [2.05, 4.69) is 0 Å². The Morgan fingerprint density at radius 3 is 2.65 bits per heavy atom. The molecule has 0 aliphatic heterocycles. The summed E-state index contributed by atoms with van der Waals surface area (Å²) in [5.74, 6) is -1.89. The van der Waals surface area contributed by atoms with Gasteiger partial charge in [0.15, 0.2) is 0 Å². The highest BCUT2D eigenvalue weighted by molar-refractivity contribution is 5.81. The number of carbonyl (C=O) groups is 1. The lowest BCUT2D eigenvalue weighted by atomic mass is 10.1. The van der Waals surface area contributed by atoms with E-state index >= 15 is 0 Å². The minimum Gasteiger partial charge on any atom is -0.344 e. The number of halogens is 3. The van der Waals surface area contributed by atoms with E-state index in [1.807, 2.05) is 17.4 Å². The molecule has 1 aliphatic carbocycles. The zero-order chi connectivity index (χ0) is 12.5. The van der Waals surface area contributed by atoms with Crippen LogP contribution >= 0.6 is 0 Å². The van der Waals surface area contributed by atoms with E-state index in [1.165, 1.54) is 11.1 Å². The number of aryl methyl sites for hydroxylation is 2. The third-order valence-electron chi connectivity index (χ3n) is 2.87. The molecule has 5 heteroatoms. The summed E-state index contributed by atoms with van der Waals surface area (Å²) in [7, 11) is 0. The van der Waals surface area contributed by atoms with Crippen molar-refractivity contribution in [2.24, 2.45) is 0 Å². The van der Waals surface area contributed by atoms with E-state index in [-0.39, 0.29) is 6.54 Å². The fraction of sp³-hybridized carbons (Fsp3) is 0.417. The van der Waals surface area contributed by atoms with Crippen LogP contribution in [-0.4, -0.2) is 12.1 Å². The van der Waals surface area contributed by atoms with Crippen molar-refractivity contribution < 1.29 is 18.0 Å². The summed E-state index contributed by atoms with van der Waals surface area (Å²) in [5.41, 5.74) is 3.16. The van der Waals surface area contributed by atoms with Crippen LogP contribution < -0.4 is 5.32 Å². The first kappa shape index (κ1) is 12.0. The van der Waals surface area contributed by atoms with Crippen LogP contribution in [0.15, 0.2) is 18.2 Å². The first-order valence-electron chi connectivity index (χ1n) is 5.42. The molecule has 0 bridgehead atoms. The van der Waals surface area contributed by atoms with Gasteiger partial charge in [-0.2, -0.15) is 13.2 Å². The molecule has 0 heterocycles. The van der Waals surface area contributed by atoms with E-state index in [4.69, 9.17) is 0 Å². The van der Waals surface area contributed by atoms with Crippen LogP contribution in [-0.2, 0) is 24.2 Å². The molecule has 0 saturated heterocycles. The number of alkyl halides is 3. The summed E-state index contributed by atoms with van der Waals surface area (Å²) in [6.07, 6.45) is -1.72. The minimum absolute atomic E-state index is 0.0778. The third kappa shape index (κ3) is 2.78. The standard InChI is InChI=1S/C12H12F3NO/c13-12(14,15)11(17)16-7-8-4-5-9-2-1-3-10(9)6-8/h4-6H,1-3,7H2,(H,16,17). The number of carbonyl (C=O) groups excluding carboxylic acids is 1. The fourth-order valence-electron chi connectivity index (χ4n) is 2.02. The zero-order valence-electron chi connectivity index (χ0n) is 9.10. The monoisotopic (exact) mass is 243 g/mol. The van der Waals surface area contributed by atoms with Gasteiger partial charge in [-0.15, -0.1) is 0 Å². The molecule has 0 fully saturated rings. The van der Waals surface area contributed by atoms with Crippen LogP contribution in [0.4, 0.5) is 13.2 Å². The lowest BCUT2D eigenvalue weighted by Crippen LogP contribution is -2.36. The molecule has 1 amide bonds. The summed E-state index contributed by atoms with van der Waals surface area (Å²) in [5, 5.41) is 1.87. The van der Waals surface area contributed by atoms with Crippen LogP contribution in [0.25, 0.3) is 0 Å². The van der Waals surface area contributed by atoms with E-state index < -0.39 is 12.1 Å². The molecule has 1 aliphatic rings. The smallest absolute Gasteiger partial charge is 0.344 e. The molecule has 0 spiro atoms. The van der Waals surface area contributed by atoms with Crippen molar-refractivity contribution >= 4 is 5.91 Å². The maximum absolute atomic E-state index is 12.0. The average molecular weight is 243 g/mol. The lowest BCUT2D eigenvalue weighted by Gasteiger charge is -2.09. The van der Waals surface area contributed by atoms with Gasteiger partial charge in [-0.25, -0.2) is 0 Å². The SMILES string of the molecule is O=C(NCc1ccc2c(c1)CCC2)C(F)(F)F. The maximum atomic E-state index is 12.0. The number of benzene rings is 1. The number of hydrogen-bond donors (Lipinski definition) is 1. The molecular formula is C12H12F3NO. The van der Waals surface area contributed by atoms with Crippen LogP contribution in [0.3, 0.4) is 0 Å². The van der Waals surface area contributed by atoms with E-state index in [0.717, 1.165) is 19.3 Å². The second kappa shape index (κ2) is 4.39. The Balaban J connectivity index is 1.98. The van der Waals surface area contributed by atoms with Gasteiger partial charge >= 0.3 is 12.1 Å². The van der Waals surface area contributed by atoms with Gasteiger partial charge < -0.3 is 5.32 Å². The Bertz CT molecular complexity index is 440. The molecule has 2 nitrogen and oxygen atoms in total. The number of amides is 1. The highest BCUT2D eigenvalue weighted by Gasteiger charge is 2.38. The van der Waals surface area contributed by atoms with Crippen LogP contribution in [0.5, 0.6) is 0 Å². The average Bonchev–Trinajstić information content (AvgIpc) is 2.71. The molecule has 1 N–H and O–H groups in total. The molecule has 92 valence electrons. The first-order valence-corrected chi connectivity index (χ1v) is 5.42. The van der Waals surface area contributed by atoms with Crippen molar-refractivity contribution in [2.45, 2.75) is 32.0 Å². The molecule has 0 atom stereocenters. The van der Waals surface area contributed by atoms with E-state index in [0.29, 0.717) is 5.56 Å². The number of nitrogens with one attached hydrogen (secondary N) is 1. The van der Waals surface area contributed by atoms with E-state index in [1.54, 1.807) is 6.07 Å². The fourth-order valence-corrected chi connectivity index (χ4v) is 2.02. The Labute approximate surface area is 96.8 Å². The molecule has 1 aromatic rings. The predicted molar refractivity (Wildman–Crippen MR) is 56.4 cm³/mol. The van der Waals surface area contributed by atoms with Gasteiger partial charge in [0.05, 0.1) is 0 Å². The molecule has 0 unspecified atom stereocenters. The normalized spacial score (nSPS) is 14.5. The van der Waals surface area contributed by atoms with Crippen molar-refractivity contribution in [3.63, 3.8) is 0 Å². The molecule has 17 heavy (non-hydrogen) atoms. The topological polar surface area (TPSA) is 29.1 Å². The largest absolute Gasteiger partial charge is 0.471 e. The second-order valence-corrected chi connectivity index (χ2v) is 4.14. The van der Waals surface area contributed by atoms with Crippen molar-refractivity contribution in [1.29, 1.82) is 0 Å². The summed E-state index contributed by atoms with van der Waals surface area (Å²) in [6.45, 7) is -0.0778. The van der Waals surface area contributed by atoms with Gasteiger partial charge in [-0.05, 0) is 36.0 Å². The predicted octanol–water partition coefficient (Wildman–Crippen LogP) is 2.35. The van der Waals surface area contributed by atoms with Crippen molar-refractivity contribution in [1.82, 2.24) is 5.32 Å². The summed E-state index contributed by atoms with van der Waals surface area (Å²) in [4.78, 5) is 10.6. The van der Waals surface area contributed by atoms with Gasteiger partial charge in [0.2, 0.25) is 0 Å². The minimum atomic E-state index is -4.81. The van der Waals surface area contributed by atoms with E-state index in [9.17, 15) is 18.0 Å². The second-order valence-electron chi connectivity index (χ2n) is 4.14. The number of rotatable bonds is 2. The van der Waals surface area contributed by atoms with Crippen molar-refractivity contribution in [2.75, 3.05) is 0 Å². The van der Waals surface area contributed by atoms with Crippen LogP contribution in [0, 0.1) is 0 Å². The molecule has 0 aromatic heterocycles. The Morgan fingerprint density at radius 2 is 1.94 bits per heavy atom. The van der Waals surface area contributed by atoms with Crippen molar-refractivity contribution in [3.05, 3.63) is 34.9 Å². The van der Waals surface area contributed by atoms with Crippen LogP contribution in [0.1, 0.15) is 23.1 Å². The lowest BCUT2D eigenvalue weighted by molar-refractivity contribution is -0.173. The molecule has 1 aromatic carbocycles. The van der Waals surface area contributed by atoms with Gasteiger partial charge in [0, 0.05) is 6.54 Å². The molecule has 0 saturated carbocycles. The van der Waals surface area contributed by atoms with Crippen molar-refractivity contribution in [3.8, 4) is 0 Å². The highest BCUT2D eigenvalue weighted by Crippen LogP contribution is 2.23. The first-order chi connectivity index (χ1) is 7.97. The number of hydrogen-bond acceptors (Lipinski definition) is 1. The quantitative estimate of drug-likeness (QED) is 0.848. The Morgan fingerprint density at radius 1 is 1.24 bits per heavy atom. The Hall–Kier alpha value is -1.52. The third-order valence-corrected chi connectivity index (χ3v) is 2.87. The zero-order valence-corrected chi connectivity index (χ0v) is 9.10. The van der Waals surface area contributed by atoms with Gasteiger partial charge in [-0.1, -0.05) is 18.2 Å². The highest BCUT2D eigenvalue weighted by atomic mass is 19.4. The summed E-state index contributed by atoms with van der Waals surface area (Å²) < 4.78 is 35.9. The number of fused-ring (bicyclic) bond motifs is 1. The molecule has 2 rings (SSSR count). The van der Waals surface area contributed by atoms with Gasteiger partial charge in [0.1, 0.15) is 0 Å². The summed E-state index contributed by atoms with van der Waals surface area (Å²) in [6, 6.07) is 5.57. The molecular weight excluding hydrogens is 231 g/mol. The van der Waals surface area contributed by atoms with Gasteiger partial charge in [0.25, 0.3) is 0 Å². The molecule has 0 radical (unpaired) electrons. The van der Waals surface area contributed by atoms with Crippen LogP contribution in [0.2, 0.25) is 0 Å².